The van der Waals surface area contributed by atoms with Crippen LogP contribution < -0.4 is 5.32 Å². The van der Waals surface area contributed by atoms with E-state index in [0.29, 0.717) is 13.0 Å². The number of amides is 1. The SMILES string of the molecule is CCOC(=O)CCCNC(=O)c1cc(Cl)ccc1[N+](=O)[O-]. The van der Waals surface area contributed by atoms with Crippen LogP contribution in [0.1, 0.15) is 30.1 Å². The molecule has 114 valence electrons. The zero-order valence-corrected chi connectivity index (χ0v) is 12.2. The van der Waals surface area contributed by atoms with Crippen molar-refractivity contribution in [2.75, 3.05) is 13.2 Å². The normalized spacial score (nSPS) is 10.0. The van der Waals surface area contributed by atoms with E-state index >= 15 is 0 Å². The highest BCUT2D eigenvalue weighted by Gasteiger charge is 2.20. The number of nitrogens with one attached hydrogen (secondary N) is 1. The number of esters is 1. The van der Waals surface area contributed by atoms with E-state index in [1.54, 1.807) is 6.92 Å². The van der Waals surface area contributed by atoms with Crippen molar-refractivity contribution in [3.05, 3.63) is 38.9 Å². The van der Waals surface area contributed by atoms with Gasteiger partial charge in [-0.15, -0.1) is 0 Å². The summed E-state index contributed by atoms with van der Waals surface area (Å²) in [7, 11) is 0. The molecule has 0 heterocycles. The van der Waals surface area contributed by atoms with Gasteiger partial charge in [0.25, 0.3) is 11.6 Å². The van der Waals surface area contributed by atoms with Crippen LogP contribution in [0.2, 0.25) is 5.02 Å². The number of halogens is 1. The number of nitro benzene ring substituents is 1. The number of benzene rings is 1. The Bertz CT molecular complexity index is 547. The van der Waals surface area contributed by atoms with Crippen molar-refractivity contribution in [3.8, 4) is 0 Å². The van der Waals surface area contributed by atoms with Crippen molar-refractivity contribution in [2.45, 2.75) is 19.8 Å². The van der Waals surface area contributed by atoms with Gasteiger partial charge in [-0.05, 0) is 25.5 Å². The molecule has 0 atom stereocenters. The molecule has 1 amide bonds. The van der Waals surface area contributed by atoms with E-state index in [2.05, 4.69) is 5.32 Å². The Morgan fingerprint density at radius 2 is 2.14 bits per heavy atom. The van der Waals surface area contributed by atoms with Gasteiger partial charge in [0.15, 0.2) is 0 Å². The molecule has 0 unspecified atom stereocenters. The molecule has 0 saturated carbocycles. The average Bonchev–Trinajstić information content (AvgIpc) is 2.43. The molecule has 1 aromatic rings. The molecular weight excluding hydrogens is 300 g/mol. The van der Waals surface area contributed by atoms with Crippen LogP contribution in [0.3, 0.4) is 0 Å². The second-order valence-electron chi connectivity index (χ2n) is 4.08. The lowest BCUT2D eigenvalue weighted by Crippen LogP contribution is -2.25. The van der Waals surface area contributed by atoms with Crippen LogP contribution in [-0.4, -0.2) is 30.0 Å². The van der Waals surface area contributed by atoms with E-state index in [4.69, 9.17) is 16.3 Å². The summed E-state index contributed by atoms with van der Waals surface area (Å²) in [5.74, 6) is -0.950. The maximum absolute atomic E-state index is 11.9. The van der Waals surface area contributed by atoms with Gasteiger partial charge in [0, 0.05) is 24.1 Å². The van der Waals surface area contributed by atoms with Crippen molar-refractivity contribution in [2.24, 2.45) is 0 Å². The van der Waals surface area contributed by atoms with Gasteiger partial charge < -0.3 is 10.1 Å². The highest BCUT2D eigenvalue weighted by molar-refractivity contribution is 6.31. The number of carbonyl (C=O) groups excluding carboxylic acids is 2. The fourth-order valence-corrected chi connectivity index (χ4v) is 1.78. The van der Waals surface area contributed by atoms with Gasteiger partial charge in [-0.1, -0.05) is 11.6 Å². The molecule has 0 saturated heterocycles. The molecule has 0 spiro atoms. The largest absolute Gasteiger partial charge is 0.466 e. The molecule has 1 rings (SSSR count). The molecular formula is C13H15ClN2O5. The van der Waals surface area contributed by atoms with Crippen molar-refractivity contribution >= 4 is 29.2 Å². The number of rotatable bonds is 7. The first kappa shape index (κ1) is 16.9. The Kier molecular flexibility index (Phi) is 6.61. The summed E-state index contributed by atoms with van der Waals surface area (Å²) in [6.45, 7) is 2.22. The number of nitrogens with zero attached hydrogens (tertiary/aromatic N) is 1. The van der Waals surface area contributed by atoms with Crippen LogP contribution in [0, 0.1) is 10.1 Å². The number of carbonyl (C=O) groups is 2. The number of hydrogen-bond acceptors (Lipinski definition) is 5. The molecule has 0 aliphatic carbocycles. The summed E-state index contributed by atoms with van der Waals surface area (Å²) in [4.78, 5) is 33.2. The zero-order valence-electron chi connectivity index (χ0n) is 11.4. The monoisotopic (exact) mass is 314 g/mol. The predicted octanol–water partition coefficient (Wildman–Crippen LogP) is 2.32. The molecule has 21 heavy (non-hydrogen) atoms. The average molecular weight is 315 g/mol. The van der Waals surface area contributed by atoms with E-state index in [1.165, 1.54) is 18.2 Å². The summed E-state index contributed by atoms with van der Waals surface area (Å²) in [5, 5.41) is 13.6. The summed E-state index contributed by atoms with van der Waals surface area (Å²) in [6.07, 6.45) is 0.560. The second-order valence-corrected chi connectivity index (χ2v) is 4.52. The Morgan fingerprint density at radius 1 is 1.43 bits per heavy atom. The Labute approximate surface area is 126 Å². The number of ether oxygens (including phenoxy) is 1. The van der Waals surface area contributed by atoms with E-state index in [9.17, 15) is 19.7 Å². The van der Waals surface area contributed by atoms with Crippen LogP contribution in [0.15, 0.2) is 18.2 Å². The zero-order chi connectivity index (χ0) is 15.8. The van der Waals surface area contributed by atoms with Crippen LogP contribution in [-0.2, 0) is 9.53 Å². The fourth-order valence-electron chi connectivity index (χ4n) is 1.61. The topological polar surface area (TPSA) is 98.5 Å². The van der Waals surface area contributed by atoms with E-state index < -0.39 is 10.8 Å². The minimum atomic E-state index is -0.649. The van der Waals surface area contributed by atoms with Crippen LogP contribution in [0.25, 0.3) is 0 Å². The summed E-state index contributed by atoms with van der Waals surface area (Å²) in [6, 6.07) is 3.76. The van der Waals surface area contributed by atoms with E-state index in [1.807, 2.05) is 0 Å². The third kappa shape index (κ3) is 5.39. The van der Waals surface area contributed by atoms with Gasteiger partial charge in [-0.25, -0.2) is 0 Å². The Hall–Kier alpha value is -2.15. The van der Waals surface area contributed by atoms with Crippen LogP contribution in [0.5, 0.6) is 0 Å². The molecule has 7 nitrogen and oxygen atoms in total. The lowest BCUT2D eigenvalue weighted by Gasteiger charge is -2.06. The maximum atomic E-state index is 11.9. The highest BCUT2D eigenvalue weighted by Crippen LogP contribution is 2.22. The van der Waals surface area contributed by atoms with E-state index in [0.717, 1.165) is 0 Å². The standard InChI is InChI=1S/C13H15ClN2O5/c1-2-21-12(17)4-3-7-15-13(18)10-8-9(14)5-6-11(10)16(19)20/h5-6,8H,2-4,7H2,1H3,(H,15,18). The number of hydrogen-bond donors (Lipinski definition) is 1. The van der Waals surface area contributed by atoms with Crippen LogP contribution >= 0.6 is 11.6 Å². The van der Waals surface area contributed by atoms with Gasteiger partial charge in [-0.2, -0.15) is 0 Å². The maximum Gasteiger partial charge on any atom is 0.305 e. The first-order valence-corrected chi connectivity index (χ1v) is 6.71. The third-order valence-electron chi connectivity index (χ3n) is 2.55. The van der Waals surface area contributed by atoms with Crippen molar-refractivity contribution in [1.29, 1.82) is 0 Å². The van der Waals surface area contributed by atoms with Gasteiger partial charge >= 0.3 is 5.97 Å². The Morgan fingerprint density at radius 3 is 2.76 bits per heavy atom. The lowest BCUT2D eigenvalue weighted by molar-refractivity contribution is -0.385. The quantitative estimate of drug-likeness (QED) is 0.360. The number of nitro groups is 1. The van der Waals surface area contributed by atoms with Crippen LogP contribution in [0.4, 0.5) is 5.69 Å². The van der Waals surface area contributed by atoms with E-state index in [-0.39, 0.29) is 35.2 Å². The van der Waals surface area contributed by atoms with Gasteiger partial charge in [-0.3, -0.25) is 19.7 Å². The molecule has 0 aliphatic heterocycles. The van der Waals surface area contributed by atoms with Gasteiger partial charge in [0.05, 0.1) is 11.5 Å². The molecule has 0 fully saturated rings. The summed E-state index contributed by atoms with van der Waals surface area (Å²) >= 11 is 5.74. The first-order chi connectivity index (χ1) is 9.95. The highest BCUT2D eigenvalue weighted by atomic mass is 35.5. The third-order valence-corrected chi connectivity index (χ3v) is 2.78. The van der Waals surface area contributed by atoms with Crippen molar-refractivity contribution < 1.29 is 19.2 Å². The Balaban J connectivity index is 2.58. The van der Waals surface area contributed by atoms with Gasteiger partial charge in [0.1, 0.15) is 5.56 Å². The molecule has 8 heteroatoms. The summed E-state index contributed by atoms with van der Waals surface area (Å²) in [5.41, 5.74) is -0.425. The van der Waals surface area contributed by atoms with Crippen molar-refractivity contribution in [3.63, 3.8) is 0 Å². The first-order valence-electron chi connectivity index (χ1n) is 6.33. The summed E-state index contributed by atoms with van der Waals surface area (Å²) < 4.78 is 4.74. The smallest absolute Gasteiger partial charge is 0.305 e. The molecule has 0 radical (unpaired) electrons. The molecule has 1 N–H and O–H groups in total. The minimum Gasteiger partial charge on any atom is -0.466 e. The van der Waals surface area contributed by atoms with Crippen molar-refractivity contribution in [1.82, 2.24) is 5.32 Å². The molecule has 0 bridgehead atoms. The predicted molar refractivity (Wildman–Crippen MR) is 76.3 cm³/mol. The molecule has 0 aliphatic rings. The lowest BCUT2D eigenvalue weighted by atomic mass is 10.1. The fraction of sp³-hybridized carbons (Fsp3) is 0.385. The molecule has 1 aromatic carbocycles. The molecule has 0 aromatic heterocycles. The minimum absolute atomic E-state index is 0.108. The van der Waals surface area contributed by atoms with Gasteiger partial charge in [0.2, 0.25) is 0 Å². The second kappa shape index (κ2) is 8.21.